The minimum Gasteiger partial charge on any atom is -0.330 e. The molecule has 1 aromatic carbocycles. The fourth-order valence-corrected chi connectivity index (χ4v) is 2.66. The van der Waals surface area contributed by atoms with Crippen LogP contribution in [0.2, 0.25) is 0 Å². The van der Waals surface area contributed by atoms with Crippen LogP contribution < -0.4 is 11.1 Å². The third kappa shape index (κ3) is 5.24. The van der Waals surface area contributed by atoms with Crippen LogP contribution in [0.4, 0.5) is 5.69 Å². The summed E-state index contributed by atoms with van der Waals surface area (Å²) in [7, 11) is 0. The zero-order valence-electron chi connectivity index (χ0n) is 10.6. The second-order valence-electron chi connectivity index (χ2n) is 4.61. The molecule has 3 N–H and O–H groups in total. The molecule has 0 aliphatic heterocycles. The van der Waals surface area contributed by atoms with Crippen molar-refractivity contribution in [2.45, 2.75) is 36.8 Å². The maximum atomic E-state index is 10.9. The highest BCUT2D eigenvalue weighted by atomic mass is 32.2. The summed E-state index contributed by atoms with van der Waals surface area (Å²) in [5, 5.41) is 2.75. The van der Waals surface area contributed by atoms with Gasteiger partial charge in [0.1, 0.15) is 0 Å². The van der Waals surface area contributed by atoms with Gasteiger partial charge in [0.15, 0.2) is 0 Å². The smallest absolute Gasteiger partial charge is 0.221 e. The van der Waals surface area contributed by atoms with Crippen LogP contribution in [-0.2, 0) is 4.79 Å². The Kier molecular flexibility index (Phi) is 5.02. The molecule has 0 radical (unpaired) electrons. The second kappa shape index (κ2) is 6.07. The predicted molar refractivity (Wildman–Crippen MR) is 74.4 cm³/mol. The molecule has 1 rings (SSSR count). The Bertz CT molecular complexity index is 374. The van der Waals surface area contributed by atoms with E-state index in [-0.39, 0.29) is 10.7 Å². The van der Waals surface area contributed by atoms with Gasteiger partial charge in [-0.05, 0) is 37.2 Å². The summed E-state index contributed by atoms with van der Waals surface area (Å²) in [4.78, 5) is 12.1. The minimum absolute atomic E-state index is 0.0473. The standard InChI is InChI=1S/C13H20N2OS/c1-10(16)15-11-4-6-12(7-5-11)17-13(2,3)8-9-14/h4-7H,8-9,14H2,1-3H3,(H,15,16). The Labute approximate surface area is 107 Å². The zero-order valence-corrected chi connectivity index (χ0v) is 11.4. The van der Waals surface area contributed by atoms with Gasteiger partial charge in [-0.15, -0.1) is 11.8 Å². The van der Waals surface area contributed by atoms with E-state index in [2.05, 4.69) is 19.2 Å². The lowest BCUT2D eigenvalue weighted by Crippen LogP contribution is -2.19. The van der Waals surface area contributed by atoms with E-state index < -0.39 is 0 Å². The van der Waals surface area contributed by atoms with E-state index in [1.54, 1.807) is 11.8 Å². The van der Waals surface area contributed by atoms with Crippen molar-refractivity contribution in [3.05, 3.63) is 24.3 Å². The molecular weight excluding hydrogens is 232 g/mol. The van der Waals surface area contributed by atoms with E-state index in [0.29, 0.717) is 6.54 Å². The van der Waals surface area contributed by atoms with Crippen LogP contribution in [0.5, 0.6) is 0 Å². The SMILES string of the molecule is CC(=O)Nc1ccc(SC(C)(C)CCN)cc1. The van der Waals surface area contributed by atoms with Gasteiger partial charge in [-0.1, -0.05) is 13.8 Å². The number of anilines is 1. The normalized spacial score (nSPS) is 11.3. The fraction of sp³-hybridized carbons (Fsp3) is 0.462. The molecule has 1 amide bonds. The highest BCUT2D eigenvalue weighted by Gasteiger charge is 2.18. The molecule has 0 unspecified atom stereocenters. The third-order valence-corrected chi connectivity index (χ3v) is 3.58. The second-order valence-corrected chi connectivity index (χ2v) is 6.39. The number of carbonyl (C=O) groups is 1. The Balaban J connectivity index is 2.65. The van der Waals surface area contributed by atoms with E-state index in [9.17, 15) is 4.79 Å². The summed E-state index contributed by atoms with van der Waals surface area (Å²) in [6, 6.07) is 7.88. The van der Waals surface area contributed by atoms with Crippen molar-refractivity contribution in [1.82, 2.24) is 0 Å². The minimum atomic E-state index is -0.0473. The maximum absolute atomic E-state index is 10.9. The predicted octanol–water partition coefficient (Wildman–Crippen LogP) is 2.86. The molecule has 1 aromatic rings. The van der Waals surface area contributed by atoms with Crippen LogP contribution in [0.1, 0.15) is 27.2 Å². The quantitative estimate of drug-likeness (QED) is 0.792. The van der Waals surface area contributed by atoms with E-state index in [1.807, 2.05) is 24.3 Å². The molecule has 0 saturated heterocycles. The van der Waals surface area contributed by atoms with Crippen LogP contribution in [0.25, 0.3) is 0 Å². The molecule has 0 aliphatic carbocycles. The number of hydrogen-bond acceptors (Lipinski definition) is 3. The van der Waals surface area contributed by atoms with Crippen LogP contribution in [0, 0.1) is 0 Å². The molecule has 0 spiro atoms. The number of carbonyl (C=O) groups excluding carboxylic acids is 1. The number of rotatable bonds is 5. The van der Waals surface area contributed by atoms with Gasteiger partial charge in [-0.3, -0.25) is 4.79 Å². The number of nitrogens with one attached hydrogen (secondary N) is 1. The average Bonchev–Trinajstić information content (AvgIpc) is 2.19. The highest BCUT2D eigenvalue weighted by molar-refractivity contribution is 8.00. The van der Waals surface area contributed by atoms with E-state index in [0.717, 1.165) is 12.1 Å². The topological polar surface area (TPSA) is 55.1 Å². The van der Waals surface area contributed by atoms with E-state index >= 15 is 0 Å². The van der Waals surface area contributed by atoms with Gasteiger partial charge >= 0.3 is 0 Å². The molecular formula is C13H20N2OS. The summed E-state index contributed by atoms with van der Waals surface area (Å²) in [5.74, 6) is -0.0473. The first-order valence-corrected chi connectivity index (χ1v) is 6.51. The molecule has 0 bridgehead atoms. The fourth-order valence-electron chi connectivity index (χ4n) is 1.53. The van der Waals surface area contributed by atoms with Gasteiger partial charge < -0.3 is 11.1 Å². The summed E-state index contributed by atoms with van der Waals surface area (Å²) in [5.41, 5.74) is 6.42. The van der Waals surface area contributed by atoms with Gasteiger partial charge in [0, 0.05) is 22.3 Å². The summed E-state index contributed by atoms with van der Waals surface area (Å²) < 4.78 is 0.143. The first kappa shape index (κ1) is 14.1. The number of amides is 1. The van der Waals surface area contributed by atoms with Gasteiger partial charge in [-0.2, -0.15) is 0 Å². The van der Waals surface area contributed by atoms with Gasteiger partial charge in [0.25, 0.3) is 0 Å². The third-order valence-electron chi connectivity index (χ3n) is 2.32. The lowest BCUT2D eigenvalue weighted by molar-refractivity contribution is -0.114. The highest BCUT2D eigenvalue weighted by Crippen LogP contribution is 2.35. The number of thioether (sulfide) groups is 1. The first-order chi connectivity index (χ1) is 7.93. The van der Waals surface area contributed by atoms with E-state index in [1.165, 1.54) is 11.8 Å². The molecule has 0 aromatic heterocycles. The summed E-state index contributed by atoms with van der Waals surface area (Å²) in [6.45, 7) is 6.58. The molecule has 4 heteroatoms. The van der Waals surface area contributed by atoms with Crippen molar-refractivity contribution < 1.29 is 4.79 Å². The van der Waals surface area contributed by atoms with Crippen molar-refractivity contribution in [3.8, 4) is 0 Å². The lowest BCUT2D eigenvalue weighted by atomic mass is 10.1. The number of nitrogens with two attached hydrogens (primary N) is 1. The summed E-state index contributed by atoms with van der Waals surface area (Å²) in [6.07, 6.45) is 0.977. The Hall–Kier alpha value is -1.00. The Morgan fingerprint density at radius 3 is 2.41 bits per heavy atom. The molecule has 0 saturated carbocycles. The largest absolute Gasteiger partial charge is 0.330 e. The maximum Gasteiger partial charge on any atom is 0.221 e. The number of benzene rings is 1. The first-order valence-electron chi connectivity index (χ1n) is 5.70. The van der Waals surface area contributed by atoms with Crippen LogP contribution in [0.3, 0.4) is 0 Å². The monoisotopic (exact) mass is 252 g/mol. The van der Waals surface area contributed by atoms with E-state index in [4.69, 9.17) is 5.73 Å². The molecule has 94 valence electrons. The molecule has 0 heterocycles. The molecule has 0 aliphatic rings. The number of hydrogen-bond donors (Lipinski definition) is 2. The van der Waals surface area contributed by atoms with Crippen molar-refractivity contribution in [2.24, 2.45) is 5.73 Å². The lowest BCUT2D eigenvalue weighted by Gasteiger charge is -2.23. The van der Waals surface area contributed by atoms with Gasteiger partial charge in [-0.25, -0.2) is 0 Å². The van der Waals surface area contributed by atoms with Gasteiger partial charge in [0.05, 0.1) is 0 Å². The molecule has 0 fully saturated rings. The van der Waals surface area contributed by atoms with Crippen LogP contribution in [-0.4, -0.2) is 17.2 Å². The zero-order chi connectivity index (χ0) is 12.9. The molecule has 3 nitrogen and oxygen atoms in total. The molecule has 17 heavy (non-hydrogen) atoms. The van der Waals surface area contributed by atoms with Crippen molar-refractivity contribution >= 4 is 23.4 Å². The van der Waals surface area contributed by atoms with Crippen molar-refractivity contribution in [2.75, 3.05) is 11.9 Å². The van der Waals surface area contributed by atoms with Crippen molar-refractivity contribution in [1.29, 1.82) is 0 Å². The van der Waals surface area contributed by atoms with Crippen LogP contribution in [0.15, 0.2) is 29.2 Å². The Morgan fingerprint density at radius 1 is 1.35 bits per heavy atom. The van der Waals surface area contributed by atoms with Crippen molar-refractivity contribution in [3.63, 3.8) is 0 Å². The molecule has 0 atom stereocenters. The van der Waals surface area contributed by atoms with Gasteiger partial charge in [0.2, 0.25) is 5.91 Å². The summed E-state index contributed by atoms with van der Waals surface area (Å²) >= 11 is 1.81. The Morgan fingerprint density at radius 2 is 1.94 bits per heavy atom. The van der Waals surface area contributed by atoms with Crippen LogP contribution >= 0.6 is 11.8 Å². The average molecular weight is 252 g/mol.